The van der Waals surface area contributed by atoms with Crippen LogP contribution in [0.25, 0.3) is 0 Å². The molecule has 0 aliphatic heterocycles. The van der Waals surface area contributed by atoms with E-state index in [0.717, 1.165) is 12.2 Å². The molecule has 3 heteroatoms. The van der Waals surface area contributed by atoms with Crippen molar-refractivity contribution < 1.29 is 4.42 Å². The summed E-state index contributed by atoms with van der Waals surface area (Å²) in [5.41, 5.74) is 0.303. The maximum absolute atomic E-state index is 5.87. The van der Waals surface area contributed by atoms with Gasteiger partial charge in [-0.05, 0) is 26.2 Å². The zero-order chi connectivity index (χ0) is 9.47. The minimum atomic E-state index is -0.124. The second-order valence-electron chi connectivity index (χ2n) is 3.81. The van der Waals surface area contributed by atoms with E-state index < -0.39 is 0 Å². The van der Waals surface area contributed by atoms with Gasteiger partial charge < -0.3 is 4.42 Å². The summed E-state index contributed by atoms with van der Waals surface area (Å²) in [5, 5.41) is -0.124. The lowest BCUT2D eigenvalue weighted by molar-refractivity contribution is 0.408. The molecule has 0 bridgehead atoms. The molecule has 0 N–H and O–H groups in total. The summed E-state index contributed by atoms with van der Waals surface area (Å²) in [4.78, 5) is 4.17. The summed E-state index contributed by atoms with van der Waals surface area (Å²) in [6.45, 7) is 4.07. The second-order valence-corrected chi connectivity index (χ2v) is 4.47. The standard InChI is InChI=1S/C10H14ClNO/c1-3-10(4-5-10)8-6-12-9(13-8)7(2)11/h6-7H,3-5H2,1-2H3. The van der Waals surface area contributed by atoms with E-state index >= 15 is 0 Å². The number of nitrogens with zero attached hydrogens (tertiary/aromatic N) is 1. The van der Waals surface area contributed by atoms with E-state index in [1.54, 1.807) is 0 Å². The Hall–Kier alpha value is -0.500. The van der Waals surface area contributed by atoms with E-state index in [4.69, 9.17) is 16.0 Å². The van der Waals surface area contributed by atoms with Crippen molar-refractivity contribution in [2.75, 3.05) is 0 Å². The zero-order valence-electron chi connectivity index (χ0n) is 8.01. The van der Waals surface area contributed by atoms with Gasteiger partial charge in [0.2, 0.25) is 5.89 Å². The first kappa shape index (κ1) is 9.07. The Kier molecular flexibility index (Phi) is 2.11. The van der Waals surface area contributed by atoms with Gasteiger partial charge in [-0.1, -0.05) is 6.92 Å². The summed E-state index contributed by atoms with van der Waals surface area (Å²) in [5.74, 6) is 1.67. The highest BCUT2D eigenvalue weighted by Gasteiger charge is 2.45. The van der Waals surface area contributed by atoms with Gasteiger partial charge in [0.15, 0.2) is 0 Å². The van der Waals surface area contributed by atoms with Crippen LogP contribution in [0.1, 0.15) is 50.1 Å². The van der Waals surface area contributed by atoms with Crippen molar-refractivity contribution in [3.05, 3.63) is 17.8 Å². The first-order valence-electron chi connectivity index (χ1n) is 4.78. The molecule has 1 aliphatic rings. The average Bonchev–Trinajstić information content (AvgIpc) is 2.75. The minimum Gasteiger partial charge on any atom is -0.444 e. The Bertz CT molecular complexity index is 302. The molecule has 1 heterocycles. The predicted molar refractivity (Wildman–Crippen MR) is 52.0 cm³/mol. The number of halogens is 1. The molecule has 1 aromatic rings. The molecule has 1 fully saturated rings. The average molecular weight is 200 g/mol. The molecule has 0 spiro atoms. The minimum absolute atomic E-state index is 0.124. The van der Waals surface area contributed by atoms with Crippen LogP contribution in [0.5, 0.6) is 0 Å². The van der Waals surface area contributed by atoms with Gasteiger partial charge in [0.25, 0.3) is 0 Å². The molecule has 13 heavy (non-hydrogen) atoms. The smallest absolute Gasteiger partial charge is 0.212 e. The molecule has 2 nitrogen and oxygen atoms in total. The van der Waals surface area contributed by atoms with Gasteiger partial charge in [0.05, 0.1) is 6.20 Å². The zero-order valence-corrected chi connectivity index (χ0v) is 8.77. The molecule has 1 aromatic heterocycles. The van der Waals surface area contributed by atoms with Crippen molar-refractivity contribution in [1.29, 1.82) is 0 Å². The highest BCUT2D eigenvalue weighted by Crippen LogP contribution is 2.51. The summed E-state index contributed by atoms with van der Waals surface area (Å²) in [7, 11) is 0. The van der Waals surface area contributed by atoms with E-state index in [1.807, 2.05) is 13.1 Å². The van der Waals surface area contributed by atoms with Crippen LogP contribution in [-0.4, -0.2) is 4.98 Å². The van der Waals surface area contributed by atoms with Gasteiger partial charge in [-0.15, -0.1) is 11.6 Å². The normalized spacial score (nSPS) is 21.5. The number of hydrogen-bond donors (Lipinski definition) is 0. The molecule has 0 saturated heterocycles. The second kappa shape index (κ2) is 3.02. The Morgan fingerprint density at radius 1 is 1.69 bits per heavy atom. The van der Waals surface area contributed by atoms with Crippen molar-refractivity contribution in [3.8, 4) is 0 Å². The third-order valence-corrected chi connectivity index (χ3v) is 3.10. The quantitative estimate of drug-likeness (QED) is 0.698. The van der Waals surface area contributed by atoms with Crippen LogP contribution in [0.3, 0.4) is 0 Å². The lowest BCUT2D eigenvalue weighted by Gasteiger charge is -2.06. The number of alkyl halides is 1. The molecular weight excluding hydrogens is 186 g/mol. The summed E-state index contributed by atoms with van der Waals surface area (Å²) in [6.07, 6.45) is 5.44. The van der Waals surface area contributed by atoms with Crippen LogP contribution >= 0.6 is 11.6 Å². The Labute approximate surface area is 83.3 Å². The molecular formula is C10H14ClNO. The SMILES string of the molecule is CCC1(c2cnc(C(C)Cl)o2)CC1. The van der Waals surface area contributed by atoms with Crippen molar-refractivity contribution in [2.45, 2.75) is 43.9 Å². The Morgan fingerprint density at radius 2 is 2.38 bits per heavy atom. The molecule has 2 rings (SSSR count). The van der Waals surface area contributed by atoms with Crippen molar-refractivity contribution in [3.63, 3.8) is 0 Å². The number of hydrogen-bond acceptors (Lipinski definition) is 2. The lowest BCUT2D eigenvalue weighted by Crippen LogP contribution is -2.01. The maximum atomic E-state index is 5.87. The maximum Gasteiger partial charge on any atom is 0.212 e. The molecule has 72 valence electrons. The fourth-order valence-corrected chi connectivity index (χ4v) is 1.74. The van der Waals surface area contributed by atoms with Gasteiger partial charge in [0, 0.05) is 5.41 Å². The van der Waals surface area contributed by atoms with Crippen LogP contribution in [0, 0.1) is 0 Å². The summed E-state index contributed by atoms with van der Waals surface area (Å²) in [6, 6.07) is 0. The largest absolute Gasteiger partial charge is 0.444 e. The first-order valence-corrected chi connectivity index (χ1v) is 5.22. The molecule has 1 atom stereocenters. The fourth-order valence-electron chi connectivity index (χ4n) is 1.64. The van der Waals surface area contributed by atoms with Crippen LogP contribution in [0.15, 0.2) is 10.6 Å². The third-order valence-electron chi connectivity index (χ3n) is 2.92. The van der Waals surface area contributed by atoms with Crippen LogP contribution < -0.4 is 0 Å². The van der Waals surface area contributed by atoms with E-state index in [0.29, 0.717) is 11.3 Å². The lowest BCUT2D eigenvalue weighted by atomic mass is 10.0. The molecule has 1 unspecified atom stereocenters. The highest BCUT2D eigenvalue weighted by molar-refractivity contribution is 6.20. The fraction of sp³-hybridized carbons (Fsp3) is 0.700. The molecule has 1 saturated carbocycles. The van der Waals surface area contributed by atoms with Crippen LogP contribution in [0.2, 0.25) is 0 Å². The number of rotatable bonds is 3. The van der Waals surface area contributed by atoms with E-state index in [2.05, 4.69) is 11.9 Å². The van der Waals surface area contributed by atoms with Crippen LogP contribution in [-0.2, 0) is 5.41 Å². The summed E-state index contributed by atoms with van der Waals surface area (Å²) < 4.78 is 5.62. The molecule has 1 aliphatic carbocycles. The number of oxazole rings is 1. The van der Waals surface area contributed by atoms with Gasteiger partial charge in [-0.25, -0.2) is 4.98 Å². The van der Waals surface area contributed by atoms with Gasteiger partial charge >= 0.3 is 0 Å². The van der Waals surface area contributed by atoms with Crippen molar-refractivity contribution in [1.82, 2.24) is 4.98 Å². The van der Waals surface area contributed by atoms with E-state index in [1.165, 1.54) is 12.8 Å². The Balaban J connectivity index is 2.23. The predicted octanol–water partition coefficient (Wildman–Crippen LogP) is 3.42. The number of aromatic nitrogens is 1. The van der Waals surface area contributed by atoms with Gasteiger partial charge in [-0.3, -0.25) is 0 Å². The molecule has 0 radical (unpaired) electrons. The highest BCUT2D eigenvalue weighted by atomic mass is 35.5. The third kappa shape index (κ3) is 1.48. The van der Waals surface area contributed by atoms with E-state index in [-0.39, 0.29) is 5.38 Å². The van der Waals surface area contributed by atoms with Gasteiger partial charge in [-0.2, -0.15) is 0 Å². The molecule has 0 aromatic carbocycles. The monoisotopic (exact) mass is 199 g/mol. The van der Waals surface area contributed by atoms with E-state index in [9.17, 15) is 0 Å². The topological polar surface area (TPSA) is 26.0 Å². The first-order chi connectivity index (χ1) is 6.18. The van der Waals surface area contributed by atoms with Gasteiger partial charge in [0.1, 0.15) is 11.1 Å². The van der Waals surface area contributed by atoms with Crippen LogP contribution in [0.4, 0.5) is 0 Å². The molecule has 0 amide bonds. The van der Waals surface area contributed by atoms with Crippen molar-refractivity contribution >= 4 is 11.6 Å². The summed E-state index contributed by atoms with van der Waals surface area (Å²) >= 11 is 5.87. The Morgan fingerprint density at radius 3 is 2.77 bits per heavy atom. The van der Waals surface area contributed by atoms with Crippen molar-refractivity contribution in [2.24, 2.45) is 0 Å².